The van der Waals surface area contributed by atoms with E-state index < -0.39 is 11.9 Å². The number of anilines is 1. The van der Waals surface area contributed by atoms with E-state index in [1.807, 2.05) is 32.0 Å². The summed E-state index contributed by atoms with van der Waals surface area (Å²) in [7, 11) is 4.56. The first-order valence-electron chi connectivity index (χ1n) is 13.1. The van der Waals surface area contributed by atoms with E-state index in [0.717, 1.165) is 43.2 Å². The van der Waals surface area contributed by atoms with Crippen molar-refractivity contribution in [1.29, 1.82) is 0 Å². The summed E-state index contributed by atoms with van der Waals surface area (Å²) in [5.41, 5.74) is 3.12. The van der Waals surface area contributed by atoms with Crippen molar-refractivity contribution < 1.29 is 23.8 Å². The second-order valence-electron chi connectivity index (χ2n) is 9.82. The lowest BCUT2D eigenvalue weighted by molar-refractivity contribution is -0.123. The average molecular weight is 533 g/mol. The summed E-state index contributed by atoms with van der Waals surface area (Å²) in [5.74, 6) is 0.413. The van der Waals surface area contributed by atoms with Gasteiger partial charge in [0.2, 0.25) is 11.7 Å². The quantitative estimate of drug-likeness (QED) is 0.416. The van der Waals surface area contributed by atoms with Crippen molar-refractivity contribution in [2.75, 3.05) is 26.2 Å². The standard InChI is InChI=1S/C30H36N4O5/c1-19-13-20(2)15-23(14-19)34(30(36)24-18-31-11-12-32-24)27(29(35)33-22-9-7-6-8-10-22)21-16-25(37-3)28(39-5)26(17-21)38-4/h11-18,22,27H,6-10H2,1-5H3,(H,33,35). The number of ether oxygens (including phenoxy) is 3. The van der Waals surface area contributed by atoms with Crippen molar-refractivity contribution in [3.8, 4) is 17.2 Å². The summed E-state index contributed by atoms with van der Waals surface area (Å²) < 4.78 is 16.7. The molecule has 1 saturated carbocycles. The molecule has 0 aliphatic heterocycles. The van der Waals surface area contributed by atoms with Crippen LogP contribution in [0.4, 0.5) is 5.69 Å². The van der Waals surface area contributed by atoms with Gasteiger partial charge in [-0.15, -0.1) is 0 Å². The highest BCUT2D eigenvalue weighted by Crippen LogP contribution is 2.42. The molecular formula is C30H36N4O5. The fourth-order valence-electron chi connectivity index (χ4n) is 5.21. The minimum absolute atomic E-state index is 0.0310. The molecule has 9 nitrogen and oxygen atoms in total. The van der Waals surface area contributed by atoms with E-state index in [0.29, 0.717) is 28.5 Å². The Balaban J connectivity index is 1.93. The van der Waals surface area contributed by atoms with Gasteiger partial charge in [-0.3, -0.25) is 19.5 Å². The maximum Gasteiger partial charge on any atom is 0.279 e. The Labute approximate surface area is 229 Å². The second kappa shape index (κ2) is 12.6. The van der Waals surface area contributed by atoms with Crippen LogP contribution in [0.3, 0.4) is 0 Å². The van der Waals surface area contributed by atoms with E-state index in [2.05, 4.69) is 15.3 Å². The Morgan fingerprint density at radius 2 is 1.54 bits per heavy atom. The number of aromatic nitrogens is 2. The zero-order valence-electron chi connectivity index (χ0n) is 23.2. The third kappa shape index (κ3) is 6.30. The number of hydrogen-bond donors (Lipinski definition) is 1. The van der Waals surface area contributed by atoms with Crippen molar-refractivity contribution in [3.63, 3.8) is 0 Å². The van der Waals surface area contributed by atoms with Gasteiger partial charge in [-0.05, 0) is 67.6 Å². The predicted molar refractivity (Wildman–Crippen MR) is 149 cm³/mol. The van der Waals surface area contributed by atoms with Gasteiger partial charge >= 0.3 is 0 Å². The van der Waals surface area contributed by atoms with Crippen LogP contribution in [0.5, 0.6) is 17.2 Å². The van der Waals surface area contributed by atoms with Gasteiger partial charge in [0, 0.05) is 24.1 Å². The number of hydrogen-bond acceptors (Lipinski definition) is 7. The van der Waals surface area contributed by atoms with E-state index in [4.69, 9.17) is 14.2 Å². The molecule has 4 rings (SSSR count). The molecule has 1 aromatic heterocycles. The summed E-state index contributed by atoms with van der Waals surface area (Å²) in [5, 5.41) is 3.23. The summed E-state index contributed by atoms with van der Waals surface area (Å²) in [6, 6.07) is 8.20. The third-order valence-corrected chi connectivity index (χ3v) is 6.95. The van der Waals surface area contributed by atoms with Crippen LogP contribution in [-0.4, -0.2) is 49.2 Å². The van der Waals surface area contributed by atoms with E-state index >= 15 is 0 Å². The lowest BCUT2D eigenvalue weighted by Gasteiger charge is -2.34. The highest BCUT2D eigenvalue weighted by molar-refractivity contribution is 6.09. The van der Waals surface area contributed by atoms with Crippen LogP contribution in [0.1, 0.15) is 65.3 Å². The Bertz CT molecular complexity index is 1260. The maximum atomic E-state index is 14.2. The Kier molecular flexibility index (Phi) is 9.01. The number of rotatable bonds is 9. The maximum absolute atomic E-state index is 14.2. The zero-order chi connectivity index (χ0) is 27.9. The minimum Gasteiger partial charge on any atom is -0.493 e. The van der Waals surface area contributed by atoms with Crippen LogP contribution < -0.4 is 24.4 Å². The Hall–Kier alpha value is -4.14. The van der Waals surface area contributed by atoms with Gasteiger partial charge in [0.05, 0.1) is 27.5 Å². The topological polar surface area (TPSA) is 103 Å². The van der Waals surface area contributed by atoms with Crippen molar-refractivity contribution in [3.05, 3.63) is 71.3 Å². The first-order valence-corrected chi connectivity index (χ1v) is 13.1. The van der Waals surface area contributed by atoms with Gasteiger partial charge in [0.1, 0.15) is 11.7 Å². The number of nitrogens with one attached hydrogen (secondary N) is 1. The summed E-state index contributed by atoms with van der Waals surface area (Å²) in [4.78, 5) is 38.2. The number of methoxy groups -OCH3 is 3. The van der Waals surface area contributed by atoms with Crippen LogP contribution in [0.25, 0.3) is 0 Å². The van der Waals surface area contributed by atoms with E-state index in [9.17, 15) is 9.59 Å². The molecule has 1 atom stereocenters. The molecule has 0 bridgehead atoms. The molecule has 1 aliphatic rings. The van der Waals surface area contributed by atoms with Crippen molar-refractivity contribution in [1.82, 2.24) is 15.3 Å². The lowest BCUT2D eigenvalue weighted by Crippen LogP contribution is -2.47. The highest BCUT2D eigenvalue weighted by Gasteiger charge is 2.36. The molecule has 1 heterocycles. The second-order valence-corrected chi connectivity index (χ2v) is 9.82. The van der Waals surface area contributed by atoms with E-state index in [1.165, 1.54) is 44.8 Å². The molecular weight excluding hydrogens is 496 g/mol. The number of benzene rings is 2. The zero-order valence-corrected chi connectivity index (χ0v) is 23.2. The molecule has 39 heavy (non-hydrogen) atoms. The number of amides is 2. The van der Waals surface area contributed by atoms with Gasteiger partial charge in [-0.25, -0.2) is 4.98 Å². The van der Waals surface area contributed by atoms with Gasteiger partial charge in [0.25, 0.3) is 5.91 Å². The molecule has 2 aromatic carbocycles. The first-order chi connectivity index (χ1) is 18.9. The smallest absolute Gasteiger partial charge is 0.279 e. The van der Waals surface area contributed by atoms with Gasteiger partial charge in [-0.2, -0.15) is 0 Å². The fraction of sp³-hybridized carbons (Fsp3) is 0.400. The molecule has 0 radical (unpaired) electrons. The minimum atomic E-state index is -1.06. The molecule has 2 amide bonds. The monoisotopic (exact) mass is 532 g/mol. The summed E-state index contributed by atoms with van der Waals surface area (Å²) >= 11 is 0. The Morgan fingerprint density at radius 3 is 2.08 bits per heavy atom. The van der Waals surface area contributed by atoms with Crippen molar-refractivity contribution in [2.45, 2.75) is 58.0 Å². The molecule has 1 aliphatic carbocycles. The van der Waals surface area contributed by atoms with Gasteiger partial charge in [-0.1, -0.05) is 25.3 Å². The van der Waals surface area contributed by atoms with Crippen LogP contribution >= 0.6 is 0 Å². The normalized spacial score (nSPS) is 14.3. The molecule has 1 N–H and O–H groups in total. The first kappa shape index (κ1) is 27.9. The molecule has 3 aromatic rings. The molecule has 0 spiro atoms. The molecule has 0 saturated heterocycles. The van der Waals surface area contributed by atoms with E-state index in [1.54, 1.807) is 12.1 Å². The summed E-state index contributed by atoms with van der Waals surface area (Å²) in [6.07, 6.45) is 9.43. The average Bonchev–Trinajstić information content (AvgIpc) is 2.95. The molecule has 1 unspecified atom stereocenters. The van der Waals surface area contributed by atoms with Crippen molar-refractivity contribution in [2.24, 2.45) is 0 Å². The van der Waals surface area contributed by atoms with Crippen LogP contribution in [0.2, 0.25) is 0 Å². The van der Waals surface area contributed by atoms with Crippen LogP contribution in [0, 0.1) is 13.8 Å². The third-order valence-electron chi connectivity index (χ3n) is 6.95. The van der Waals surface area contributed by atoms with Crippen LogP contribution in [0.15, 0.2) is 48.9 Å². The number of carbonyl (C=O) groups excluding carboxylic acids is 2. The van der Waals surface area contributed by atoms with Crippen LogP contribution in [-0.2, 0) is 4.79 Å². The lowest BCUT2D eigenvalue weighted by atomic mass is 9.94. The fourth-order valence-corrected chi connectivity index (χ4v) is 5.21. The van der Waals surface area contributed by atoms with Gasteiger partial charge < -0.3 is 19.5 Å². The Morgan fingerprint density at radius 1 is 0.897 bits per heavy atom. The highest BCUT2D eigenvalue weighted by atomic mass is 16.5. The van der Waals surface area contributed by atoms with Gasteiger partial charge in [0.15, 0.2) is 11.5 Å². The SMILES string of the molecule is COc1cc(C(C(=O)NC2CCCCC2)N(C(=O)c2cnccn2)c2cc(C)cc(C)c2)cc(OC)c1OC. The molecule has 206 valence electrons. The van der Waals surface area contributed by atoms with E-state index in [-0.39, 0.29) is 17.6 Å². The molecule has 1 fully saturated rings. The number of carbonyl (C=O) groups is 2. The largest absolute Gasteiger partial charge is 0.493 e. The van der Waals surface area contributed by atoms with Crippen molar-refractivity contribution >= 4 is 17.5 Å². The number of aryl methyl sites for hydroxylation is 2. The number of nitrogens with zero attached hydrogens (tertiary/aromatic N) is 3. The predicted octanol–water partition coefficient (Wildman–Crippen LogP) is 4.96. The summed E-state index contributed by atoms with van der Waals surface area (Å²) in [6.45, 7) is 3.91. The molecule has 9 heteroatoms.